The molecule has 2 heterocycles. The molecule has 5 rings (SSSR count). The Hall–Kier alpha value is -3.15. The molecule has 0 atom stereocenters. The number of rotatable bonds is 5. The number of nitrogens with two attached hydrogens (primary N) is 1. The van der Waals surface area contributed by atoms with E-state index in [0.717, 1.165) is 47.3 Å². The summed E-state index contributed by atoms with van der Waals surface area (Å²) in [6.45, 7) is 0.587. The Morgan fingerprint density at radius 1 is 1.06 bits per heavy atom. The molecule has 0 saturated heterocycles. The summed E-state index contributed by atoms with van der Waals surface area (Å²) in [4.78, 5) is 21.9. The Morgan fingerprint density at radius 2 is 1.84 bits per heavy atom. The van der Waals surface area contributed by atoms with Crippen LogP contribution >= 0.6 is 0 Å². The first-order valence-electron chi connectivity index (χ1n) is 11.4. The van der Waals surface area contributed by atoms with E-state index in [1.165, 1.54) is 32.1 Å². The van der Waals surface area contributed by atoms with Gasteiger partial charge in [-0.15, -0.1) is 0 Å². The van der Waals surface area contributed by atoms with Crippen LogP contribution in [0.25, 0.3) is 11.4 Å². The number of anilines is 1. The summed E-state index contributed by atoms with van der Waals surface area (Å²) < 4.78 is 2.05. The number of primary amides is 1. The molecular formula is C25H29N5O. The van der Waals surface area contributed by atoms with Gasteiger partial charge in [0.2, 0.25) is 5.95 Å². The maximum atomic E-state index is 12.3. The molecule has 2 aromatic heterocycles. The van der Waals surface area contributed by atoms with Crippen LogP contribution in [0.5, 0.6) is 0 Å². The molecule has 2 aliphatic carbocycles. The second-order valence-corrected chi connectivity index (χ2v) is 8.74. The van der Waals surface area contributed by atoms with Crippen molar-refractivity contribution in [1.82, 2.24) is 14.5 Å². The van der Waals surface area contributed by atoms with Crippen molar-refractivity contribution in [2.45, 2.75) is 64.0 Å². The van der Waals surface area contributed by atoms with Crippen LogP contribution in [-0.4, -0.2) is 26.5 Å². The number of carbonyl (C=O) groups is 1. The van der Waals surface area contributed by atoms with Crippen LogP contribution in [-0.2, 0) is 19.4 Å². The number of aryl methyl sites for hydroxylation is 2. The standard InChI is InChI=1S/C25H29N5O/c26-24(31)21-14-18-10-7-11-19-15-27-25(28-20-12-5-2-6-13-20)29-22(19)23(18)30(21)16-17-8-3-1-4-9-17/h1,3-4,8-9,14-15,20H,2,5-7,10-13,16H2,(H2,26,31)(H,27,28,29). The molecular weight excluding hydrogens is 386 g/mol. The molecule has 1 fully saturated rings. The van der Waals surface area contributed by atoms with E-state index < -0.39 is 5.91 Å². The van der Waals surface area contributed by atoms with Gasteiger partial charge in [0.1, 0.15) is 5.69 Å². The van der Waals surface area contributed by atoms with Gasteiger partial charge in [-0.1, -0.05) is 49.6 Å². The van der Waals surface area contributed by atoms with Crippen molar-refractivity contribution >= 4 is 11.9 Å². The van der Waals surface area contributed by atoms with E-state index >= 15 is 0 Å². The smallest absolute Gasteiger partial charge is 0.265 e. The number of nitrogens with one attached hydrogen (secondary N) is 1. The maximum absolute atomic E-state index is 12.3. The van der Waals surface area contributed by atoms with Crippen molar-refractivity contribution < 1.29 is 4.79 Å². The van der Waals surface area contributed by atoms with Crippen molar-refractivity contribution in [2.75, 3.05) is 5.32 Å². The molecule has 1 saturated carbocycles. The van der Waals surface area contributed by atoms with Crippen molar-refractivity contribution in [3.8, 4) is 11.4 Å². The molecule has 2 aliphatic rings. The van der Waals surface area contributed by atoms with Gasteiger partial charge in [-0.05, 0) is 54.9 Å². The van der Waals surface area contributed by atoms with Crippen molar-refractivity contribution in [2.24, 2.45) is 5.73 Å². The zero-order chi connectivity index (χ0) is 21.2. The molecule has 0 aliphatic heterocycles. The van der Waals surface area contributed by atoms with Crippen LogP contribution in [0.1, 0.15) is 65.7 Å². The quantitative estimate of drug-likeness (QED) is 0.650. The molecule has 160 valence electrons. The summed E-state index contributed by atoms with van der Waals surface area (Å²) in [6, 6.07) is 12.6. The number of hydrogen-bond acceptors (Lipinski definition) is 4. The molecule has 3 N–H and O–H groups in total. The van der Waals surface area contributed by atoms with Gasteiger partial charge in [-0.2, -0.15) is 0 Å². The second-order valence-electron chi connectivity index (χ2n) is 8.74. The Labute approximate surface area is 182 Å². The molecule has 0 bridgehead atoms. The average molecular weight is 416 g/mol. The van der Waals surface area contributed by atoms with Crippen LogP contribution in [0, 0.1) is 0 Å². The van der Waals surface area contributed by atoms with Crippen molar-refractivity contribution in [3.05, 3.63) is 65.0 Å². The SMILES string of the molecule is NC(=O)c1cc2c(n1Cc1ccccc1)-c1nc(NC3CCCCC3)ncc1CCC2. The van der Waals surface area contributed by atoms with Gasteiger partial charge in [0, 0.05) is 18.8 Å². The number of nitrogens with zero attached hydrogens (tertiary/aromatic N) is 3. The zero-order valence-corrected chi connectivity index (χ0v) is 17.8. The third-order valence-electron chi connectivity index (χ3n) is 6.53. The monoisotopic (exact) mass is 415 g/mol. The Bertz CT molecular complexity index is 1080. The summed E-state index contributed by atoms with van der Waals surface area (Å²) in [5.41, 5.74) is 11.7. The second kappa shape index (κ2) is 8.53. The fraction of sp³-hybridized carbons (Fsp3) is 0.400. The van der Waals surface area contributed by atoms with E-state index in [2.05, 4.69) is 27.0 Å². The highest BCUT2D eigenvalue weighted by Crippen LogP contribution is 2.35. The number of benzene rings is 1. The molecule has 0 unspecified atom stereocenters. The number of carbonyl (C=O) groups excluding carboxylic acids is 1. The van der Waals surface area contributed by atoms with E-state index in [-0.39, 0.29) is 0 Å². The molecule has 1 amide bonds. The van der Waals surface area contributed by atoms with E-state index in [9.17, 15) is 4.79 Å². The molecule has 0 spiro atoms. The molecule has 0 radical (unpaired) electrons. The van der Waals surface area contributed by atoms with E-state index in [1.807, 2.05) is 30.5 Å². The van der Waals surface area contributed by atoms with Crippen LogP contribution in [0.3, 0.4) is 0 Å². The highest BCUT2D eigenvalue weighted by molar-refractivity contribution is 5.93. The van der Waals surface area contributed by atoms with Gasteiger partial charge in [-0.25, -0.2) is 9.97 Å². The van der Waals surface area contributed by atoms with Crippen molar-refractivity contribution in [3.63, 3.8) is 0 Å². The van der Waals surface area contributed by atoms with Crippen LogP contribution in [0.15, 0.2) is 42.6 Å². The molecule has 31 heavy (non-hydrogen) atoms. The summed E-state index contributed by atoms with van der Waals surface area (Å²) in [5.74, 6) is 0.284. The van der Waals surface area contributed by atoms with Gasteiger partial charge in [0.25, 0.3) is 5.91 Å². The lowest BCUT2D eigenvalue weighted by Gasteiger charge is -2.23. The minimum Gasteiger partial charge on any atom is -0.364 e. The van der Waals surface area contributed by atoms with Crippen LogP contribution in [0.2, 0.25) is 0 Å². The Balaban J connectivity index is 1.59. The fourth-order valence-corrected chi connectivity index (χ4v) is 4.97. The summed E-state index contributed by atoms with van der Waals surface area (Å²) in [6.07, 6.45) is 11.0. The first-order valence-corrected chi connectivity index (χ1v) is 11.4. The van der Waals surface area contributed by atoms with Crippen LogP contribution in [0.4, 0.5) is 5.95 Å². The summed E-state index contributed by atoms with van der Waals surface area (Å²) in [7, 11) is 0. The number of hydrogen-bond donors (Lipinski definition) is 2. The van der Waals surface area contributed by atoms with Gasteiger partial charge in [0.05, 0.1) is 11.4 Å². The predicted octanol–water partition coefficient (Wildman–Crippen LogP) is 4.33. The maximum Gasteiger partial charge on any atom is 0.265 e. The third-order valence-corrected chi connectivity index (χ3v) is 6.53. The van der Waals surface area contributed by atoms with Crippen LogP contribution < -0.4 is 11.1 Å². The first-order chi connectivity index (χ1) is 15.2. The van der Waals surface area contributed by atoms with Gasteiger partial charge in [-0.3, -0.25) is 4.79 Å². The number of aromatic nitrogens is 3. The Morgan fingerprint density at radius 3 is 2.61 bits per heavy atom. The van der Waals surface area contributed by atoms with Gasteiger partial charge < -0.3 is 15.6 Å². The average Bonchev–Trinajstić information content (AvgIpc) is 3.04. The number of fused-ring (bicyclic) bond motifs is 3. The first kappa shape index (κ1) is 19.8. The minimum atomic E-state index is -0.403. The predicted molar refractivity (Wildman–Crippen MR) is 122 cm³/mol. The fourth-order valence-electron chi connectivity index (χ4n) is 4.97. The topological polar surface area (TPSA) is 85.8 Å². The zero-order valence-electron chi connectivity index (χ0n) is 17.8. The Kier molecular flexibility index (Phi) is 5.45. The minimum absolute atomic E-state index is 0.403. The summed E-state index contributed by atoms with van der Waals surface area (Å²) in [5, 5.41) is 3.56. The number of amides is 1. The van der Waals surface area contributed by atoms with Crippen molar-refractivity contribution in [1.29, 1.82) is 0 Å². The highest BCUT2D eigenvalue weighted by atomic mass is 16.1. The normalized spacial score (nSPS) is 16.3. The lowest BCUT2D eigenvalue weighted by atomic mass is 9.96. The van der Waals surface area contributed by atoms with Gasteiger partial charge >= 0.3 is 0 Å². The summed E-state index contributed by atoms with van der Waals surface area (Å²) >= 11 is 0. The highest BCUT2D eigenvalue weighted by Gasteiger charge is 2.26. The molecule has 6 heteroatoms. The molecule has 1 aromatic carbocycles. The molecule has 3 aromatic rings. The lowest BCUT2D eigenvalue weighted by Crippen LogP contribution is -2.24. The van der Waals surface area contributed by atoms with E-state index in [1.54, 1.807) is 0 Å². The lowest BCUT2D eigenvalue weighted by molar-refractivity contribution is 0.0992. The molecule has 6 nitrogen and oxygen atoms in total. The van der Waals surface area contributed by atoms with E-state index in [0.29, 0.717) is 24.2 Å². The van der Waals surface area contributed by atoms with Gasteiger partial charge in [0.15, 0.2) is 0 Å². The third kappa shape index (κ3) is 4.07. The largest absolute Gasteiger partial charge is 0.364 e. The van der Waals surface area contributed by atoms with E-state index in [4.69, 9.17) is 10.7 Å².